The van der Waals surface area contributed by atoms with Gasteiger partial charge in [-0.1, -0.05) is 11.6 Å². The zero-order valence-corrected chi connectivity index (χ0v) is 11.4. The molecule has 1 aromatic carbocycles. The highest BCUT2D eigenvalue weighted by atomic mass is 35.5. The molecule has 0 aliphatic rings. The number of carbonyl (C=O) groups excluding carboxylic acids is 1. The average molecular weight is 304 g/mol. The molecule has 8 heteroatoms. The van der Waals surface area contributed by atoms with E-state index >= 15 is 0 Å². The Bertz CT molecular complexity index is 507. The predicted molar refractivity (Wildman–Crippen MR) is 70.3 cm³/mol. The fourth-order valence-corrected chi connectivity index (χ4v) is 1.81. The molecule has 2 unspecified atom stereocenters. The van der Waals surface area contributed by atoms with E-state index in [4.69, 9.17) is 11.6 Å². The monoisotopic (exact) mass is 303 g/mol. The van der Waals surface area contributed by atoms with Crippen LogP contribution >= 0.6 is 11.6 Å². The molecule has 7 nitrogen and oxygen atoms in total. The Balaban J connectivity index is 2.90. The molecule has 0 radical (unpaired) electrons. The fourth-order valence-electron chi connectivity index (χ4n) is 1.58. The molecule has 2 atom stereocenters. The number of rotatable bonds is 6. The van der Waals surface area contributed by atoms with Gasteiger partial charge in [0.2, 0.25) is 0 Å². The Kier molecular flexibility index (Phi) is 5.87. The number of hydrogen-bond donors (Lipinski definition) is 2. The number of carbonyl (C=O) groups is 1. The van der Waals surface area contributed by atoms with Gasteiger partial charge in [-0.2, -0.15) is 0 Å². The largest absolute Gasteiger partial charge is 0.466 e. The highest BCUT2D eigenvalue weighted by molar-refractivity contribution is 6.31. The van der Waals surface area contributed by atoms with Crippen LogP contribution in [-0.2, 0) is 9.53 Å². The van der Waals surface area contributed by atoms with Gasteiger partial charge in [-0.25, -0.2) is 0 Å². The highest BCUT2D eigenvalue weighted by Crippen LogP contribution is 2.30. The third kappa shape index (κ3) is 4.16. The molecule has 0 fully saturated rings. The zero-order valence-electron chi connectivity index (χ0n) is 10.7. The van der Waals surface area contributed by atoms with Crippen LogP contribution in [0.1, 0.15) is 25.0 Å². The van der Waals surface area contributed by atoms with Gasteiger partial charge in [-0.15, -0.1) is 0 Å². The van der Waals surface area contributed by atoms with E-state index in [1.807, 2.05) is 0 Å². The summed E-state index contributed by atoms with van der Waals surface area (Å²) in [6.07, 6.45) is -3.42. The number of esters is 1. The first-order chi connectivity index (χ1) is 9.36. The van der Waals surface area contributed by atoms with Gasteiger partial charge < -0.3 is 14.9 Å². The minimum absolute atomic E-state index is 0.0161. The van der Waals surface area contributed by atoms with Crippen LogP contribution in [0.4, 0.5) is 5.69 Å². The first-order valence-electron chi connectivity index (χ1n) is 5.82. The molecule has 0 saturated carbocycles. The summed E-state index contributed by atoms with van der Waals surface area (Å²) in [5.41, 5.74) is -0.288. The van der Waals surface area contributed by atoms with E-state index in [0.29, 0.717) is 0 Å². The normalized spacial score (nSPS) is 13.6. The van der Waals surface area contributed by atoms with Gasteiger partial charge in [0.05, 0.1) is 24.1 Å². The summed E-state index contributed by atoms with van der Waals surface area (Å²) in [7, 11) is 0. The summed E-state index contributed by atoms with van der Waals surface area (Å²) in [4.78, 5) is 21.2. The minimum Gasteiger partial charge on any atom is -0.466 e. The molecular weight excluding hydrogens is 290 g/mol. The number of ether oxygens (including phenoxy) is 1. The second-order valence-corrected chi connectivity index (χ2v) is 4.39. The maximum atomic E-state index is 11.2. The number of halogens is 1. The molecule has 1 aromatic rings. The van der Waals surface area contributed by atoms with Crippen molar-refractivity contribution in [1.82, 2.24) is 0 Å². The third-order valence-corrected chi connectivity index (χ3v) is 2.90. The van der Waals surface area contributed by atoms with Crippen molar-refractivity contribution in [3.8, 4) is 0 Å². The Morgan fingerprint density at radius 2 is 2.15 bits per heavy atom. The van der Waals surface area contributed by atoms with Gasteiger partial charge in [0, 0.05) is 22.7 Å². The van der Waals surface area contributed by atoms with E-state index in [-0.39, 0.29) is 22.9 Å². The molecule has 0 heterocycles. The Morgan fingerprint density at radius 1 is 1.50 bits per heavy atom. The molecule has 0 spiro atoms. The standard InChI is InChI=1S/C12H14ClNO6/c1-2-20-11(16)6-10(15)12(17)8-5-7(14(18)19)3-4-9(8)13/h3-5,10,12,15,17H,2,6H2,1H3. The number of nitro benzene ring substituents is 1. The summed E-state index contributed by atoms with van der Waals surface area (Å²) in [6.45, 7) is 1.76. The van der Waals surface area contributed by atoms with Crippen molar-refractivity contribution in [2.24, 2.45) is 0 Å². The fraction of sp³-hybridized carbons (Fsp3) is 0.417. The molecule has 0 bridgehead atoms. The highest BCUT2D eigenvalue weighted by Gasteiger charge is 2.25. The topological polar surface area (TPSA) is 110 Å². The van der Waals surface area contributed by atoms with Crippen LogP contribution in [0.25, 0.3) is 0 Å². The smallest absolute Gasteiger partial charge is 0.308 e. The lowest BCUT2D eigenvalue weighted by atomic mass is 10.0. The van der Waals surface area contributed by atoms with E-state index in [1.165, 1.54) is 12.1 Å². The summed E-state index contributed by atoms with van der Waals surface area (Å²) in [6, 6.07) is 3.48. The van der Waals surface area contributed by atoms with Gasteiger partial charge in [0.25, 0.3) is 5.69 Å². The zero-order chi connectivity index (χ0) is 15.3. The third-order valence-electron chi connectivity index (χ3n) is 2.55. The van der Waals surface area contributed by atoms with Crippen molar-refractivity contribution >= 4 is 23.3 Å². The maximum absolute atomic E-state index is 11.2. The van der Waals surface area contributed by atoms with Crippen molar-refractivity contribution < 1.29 is 24.7 Å². The number of benzene rings is 1. The van der Waals surface area contributed by atoms with Crippen LogP contribution in [0.2, 0.25) is 5.02 Å². The summed E-state index contributed by atoms with van der Waals surface area (Å²) >= 11 is 5.83. The SMILES string of the molecule is CCOC(=O)CC(O)C(O)c1cc([N+](=O)[O-])ccc1Cl. The van der Waals surface area contributed by atoms with Gasteiger partial charge in [-0.3, -0.25) is 14.9 Å². The lowest BCUT2D eigenvalue weighted by Gasteiger charge is -2.18. The van der Waals surface area contributed by atoms with E-state index < -0.39 is 29.5 Å². The maximum Gasteiger partial charge on any atom is 0.308 e. The lowest BCUT2D eigenvalue weighted by Crippen LogP contribution is -2.23. The second-order valence-electron chi connectivity index (χ2n) is 3.98. The van der Waals surface area contributed by atoms with Crippen LogP contribution < -0.4 is 0 Å². The number of aliphatic hydroxyl groups is 2. The summed E-state index contributed by atoms with van der Waals surface area (Å²) < 4.78 is 4.64. The van der Waals surface area contributed by atoms with Crippen LogP contribution in [-0.4, -0.2) is 33.8 Å². The average Bonchev–Trinajstić information content (AvgIpc) is 2.38. The van der Waals surface area contributed by atoms with Crippen LogP contribution in [0, 0.1) is 10.1 Å². The number of nitro groups is 1. The lowest BCUT2D eigenvalue weighted by molar-refractivity contribution is -0.385. The van der Waals surface area contributed by atoms with Crippen LogP contribution in [0.3, 0.4) is 0 Å². The molecule has 2 N–H and O–H groups in total. The van der Waals surface area contributed by atoms with Gasteiger partial charge in [0.1, 0.15) is 6.10 Å². The van der Waals surface area contributed by atoms with E-state index in [1.54, 1.807) is 6.92 Å². The van der Waals surface area contributed by atoms with Gasteiger partial charge in [-0.05, 0) is 13.0 Å². The van der Waals surface area contributed by atoms with Crippen molar-refractivity contribution in [2.45, 2.75) is 25.6 Å². The summed E-state index contributed by atoms with van der Waals surface area (Å²) in [5.74, 6) is -0.680. The van der Waals surface area contributed by atoms with Crippen molar-refractivity contribution in [2.75, 3.05) is 6.61 Å². The molecule has 0 aliphatic heterocycles. The molecule has 0 aromatic heterocycles. The number of aliphatic hydroxyl groups excluding tert-OH is 2. The first kappa shape index (κ1) is 16.4. The van der Waals surface area contributed by atoms with Crippen LogP contribution in [0.5, 0.6) is 0 Å². The molecule has 20 heavy (non-hydrogen) atoms. The van der Waals surface area contributed by atoms with Crippen molar-refractivity contribution in [3.63, 3.8) is 0 Å². The molecule has 110 valence electrons. The van der Waals surface area contributed by atoms with E-state index in [9.17, 15) is 25.1 Å². The van der Waals surface area contributed by atoms with Gasteiger partial charge in [0.15, 0.2) is 0 Å². The Morgan fingerprint density at radius 3 is 2.70 bits per heavy atom. The molecule has 0 saturated heterocycles. The van der Waals surface area contributed by atoms with E-state index in [2.05, 4.69) is 4.74 Å². The van der Waals surface area contributed by atoms with Crippen LogP contribution in [0.15, 0.2) is 18.2 Å². The first-order valence-corrected chi connectivity index (χ1v) is 6.20. The quantitative estimate of drug-likeness (QED) is 0.469. The molecule has 0 aliphatic carbocycles. The van der Waals surface area contributed by atoms with Gasteiger partial charge >= 0.3 is 5.97 Å². The molecular formula is C12H14ClNO6. The van der Waals surface area contributed by atoms with E-state index in [0.717, 1.165) is 6.07 Å². The molecule has 1 rings (SSSR count). The summed E-state index contributed by atoms with van der Waals surface area (Å²) in [5, 5.41) is 30.4. The number of hydrogen-bond acceptors (Lipinski definition) is 6. The predicted octanol–water partition coefficient (Wildman–Crippen LogP) is 1.60. The second kappa shape index (κ2) is 7.18. The Labute approximate surface area is 119 Å². The number of non-ortho nitro benzene ring substituents is 1. The minimum atomic E-state index is -1.52. The number of nitrogens with zero attached hydrogens (tertiary/aromatic N) is 1. The van der Waals surface area contributed by atoms with Crippen molar-refractivity contribution in [3.05, 3.63) is 38.9 Å². The molecule has 0 amide bonds. The Hall–Kier alpha value is -1.70. The van der Waals surface area contributed by atoms with Crippen molar-refractivity contribution in [1.29, 1.82) is 0 Å².